The minimum absolute atomic E-state index is 0.231. The fourth-order valence-corrected chi connectivity index (χ4v) is 1.66. The number of aliphatic carboxylic acids is 1. The lowest BCUT2D eigenvalue weighted by Gasteiger charge is -2.20. The van der Waals surface area contributed by atoms with Crippen molar-refractivity contribution in [3.63, 3.8) is 0 Å². The van der Waals surface area contributed by atoms with Crippen LogP contribution in [-0.2, 0) is 11.2 Å². The van der Waals surface area contributed by atoms with Crippen LogP contribution in [0.5, 0.6) is 5.75 Å². The molecular formula is C13H19NO5. The number of carbonyl (C=O) groups is 1. The molecule has 0 radical (unpaired) electrons. The Morgan fingerprint density at radius 2 is 1.89 bits per heavy atom. The Bertz CT molecular complexity index is 406. The molecule has 19 heavy (non-hydrogen) atoms. The smallest absolute Gasteiger partial charge is 0.323 e. The predicted octanol–water partition coefficient (Wildman–Crippen LogP) is -0.239. The van der Waals surface area contributed by atoms with Gasteiger partial charge in [0.1, 0.15) is 17.9 Å². The van der Waals surface area contributed by atoms with Crippen molar-refractivity contribution < 1.29 is 24.9 Å². The molecule has 1 aromatic rings. The van der Waals surface area contributed by atoms with Gasteiger partial charge in [-0.05, 0) is 30.5 Å². The quantitative estimate of drug-likeness (QED) is 0.543. The number of carboxylic acid groups (broad SMARTS) is 1. The molecule has 106 valence electrons. The number of carboxylic acids is 1. The first-order valence-corrected chi connectivity index (χ1v) is 5.93. The summed E-state index contributed by atoms with van der Waals surface area (Å²) in [7, 11) is 1.57. The van der Waals surface area contributed by atoms with Crippen LogP contribution in [0.15, 0.2) is 24.3 Å². The number of aliphatic hydroxyl groups is 2. The van der Waals surface area contributed by atoms with Gasteiger partial charge in [-0.3, -0.25) is 4.79 Å². The van der Waals surface area contributed by atoms with Gasteiger partial charge in [-0.25, -0.2) is 0 Å². The van der Waals surface area contributed by atoms with Gasteiger partial charge in [-0.1, -0.05) is 12.1 Å². The molecule has 0 aliphatic heterocycles. The lowest BCUT2D eigenvalue weighted by atomic mass is 9.99. The van der Waals surface area contributed by atoms with E-state index >= 15 is 0 Å². The summed E-state index contributed by atoms with van der Waals surface area (Å²) in [5.74, 6) is -0.603. The second-order valence-corrected chi connectivity index (χ2v) is 4.31. The van der Waals surface area contributed by atoms with E-state index in [0.717, 1.165) is 11.3 Å². The molecule has 0 aliphatic carbocycles. The van der Waals surface area contributed by atoms with E-state index in [0.29, 0.717) is 6.42 Å². The van der Waals surface area contributed by atoms with Crippen molar-refractivity contribution in [1.29, 1.82) is 0 Å². The first-order valence-electron chi connectivity index (χ1n) is 5.93. The third-order valence-electron chi connectivity index (χ3n) is 2.94. The van der Waals surface area contributed by atoms with Crippen LogP contribution in [0, 0.1) is 0 Å². The zero-order chi connectivity index (χ0) is 14.4. The number of aliphatic hydroxyl groups excluding tert-OH is 2. The van der Waals surface area contributed by atoms with Gasteiger partial charge in [-0.2, -0.15) is 0 Å². The number of hydrogen-bond donors (Lipinski definition) is 4. The molecule has 0 saturated carbocycles. The number of benzene rings is 1. The van der Waals surface area contributed by atoms with Gasteiger partial charge >= 0.3 is 5.97 Å². The molecule has 0 amide bonds. The monoisotopic (exact) mass is 269 g/mol. The number of nitrogens with two attached hydrogens (primary N) is 1. The molecule has 3 unspecified atom stereocenters. The van der Waals surface area contributed by atoms with Gasteiger partial charge in [0.2, 0.25) is 0 Å². The Morgan fingerprint density at radius 3 is 2.37 bits per heavy atom. The summed E-state index contributed by atoms with van der Waals surface area (Å²) in [5.41, 5.74) is 6.20. The van der Waals surface area contributed by atoms with Crippen LogP contribution in [-0.4, -0.2) is 46.6 Å². The van der Waals surface area contributed by atoms with Gasteiger partial charge in [0.05, 0.1) is 13.2 Å². The van der Waals surface area contributed by atoms with E-state index in [1.165, 1.54) is 0 Å². The Hall–Kier alpha value is -1.63. The van der Waals surface area contributed by atoms with Crippen molar-refractivity contribution in [2.45, 2.75) is 31.1 Å². The van der Waals surface area contributed by atoms with Crippen molar-refractivity contribution >= 4 is 5.97 Å². The minimum Gasteiger partial charge on any atom is -0.497 e. The number of rotatable bonds is 7. The standard InChI is InChI=1S/C13H19NO5/c1-19-9-5-2-8(3-6-9)4-7-10(15)12(16)11(14)13(17)18/h2-3,5-6,10-12,15-16H,4,7,14H2,1H3,(H,17,18). The molecule has 3 atom stereocenters. The second-order valence-electron chi connectivity index (χ2n) is 4.31. The average molecular weight is 269 g/mol. The summed E-state index contributed by atoms with van der Waals surface area (Å²) in [6, 6.07) is 5.79. The van der Waals surface area contributed by atoms with Gasteiger partial charge < -0.3 is 25.8 Å². The molecule has 0 spiro atoms. The lowest BCUT2D eigenvalue weighted by molar-refractivity contribution is -0.143. The maximum atomic E-state index is 10.6. The summed E-state index contributed by atoms with van der Waals surface area (Å²) < 4.78 is 5.02. The Morgan fingerprint density at radius 1 is 1.32 bits per heavy atom. The third-order valence-corrected chi connectivity index (χ3v) is 2.94. The van der Waals surface area contributed by atoms with Crippen molar-refractivity contribution in [3.8, 4) is 5.75 Å². The van der Waals surface area contributed by atoms with Crippen molar-refractivity contribution in [1.82, 2.24) is 0 Å². The molecule has 0 heterocycles. The largest absolute Gasteiger partial charge is 0.497 e. The minimum atomic E-state index is -1.48. The summed E-state index contributed by atoms with van der Waals surface area (Å²) in [4.78, 5) is 10.6. The topological polar surface area (TPSA) is 113 Å². The van der Waals surface area contributed by atoms with E-state index in [1.54, 1.807) is 19.2 Å². The van der Waals surface area contributed by atoms with Crippen molar-refractivity contribution in [2.75, 3.05) is 7.11 Å². The van der Waals surface area contributed by atoms with E-state index in [1.807, 2.05) is 12.1 Å². The van der Waals surface area contributed by atoms with Crippen LogP contribution in [0.2, 0.25) is 0 Å². The Balaban J connectivity index is 2.48. The number of ether oxygens (including phenoxy) is 1. The van der Waals surface area contributed by atoms with Crippen LogP contribution in [0.25, 0.3) is 0 Å². The molecule has 1 rings (SSSR count). The molecule has 0 saturated heterocycles. The Labute approximate surface area is 111 Å². The number of hydrogen-bond acceptors (Lipinski definition) is 5. The van der Waals surface area contributed by atoms with Crippen molar-refractivity contribution in [3.05, 3.63) is 29.8 Å². The first-order chi connectivity index (χ1) is 8.95. The van der Waals surface area contributed by atoms with Gasteiger partial charge in [0.15, 0.2) is 0 Å². The first kappa shape index (κ1) is 15.4. The molecule has 0 aliphatic rings. The van der Waals surface area contributed by atoms with Crippen LogP contribution < -0.4 is 10.5 Å². The maximum absolute atomic E-state index is 10.6. The van der Waals surface area contributed by atoms with Crippen LogP contribution in [0.3, 0.4) is 0 Å². The van der Waals surface area contributed by atoms with E-state index in [-0.39, 0.29) is 6.42 Å². The number of aryl methyl sites for hydroxylation is 1. The van der Waals surface area contributed by atoms with E-state index in [9.17, 15) is 15.0 Å². The zero-order valence-electron chi connectivity index (χ0n) is 10.7. The zero-order valence-corrected chi connectivity index (χ0v) is 10.7. The second kappa shape index (κ2) is 7.08. The molecule has 1 aromatic carbocycles. The molecule has 5 N–H and O–H groups in total. The highest BCUT2D eigenvalue weighted by atomic mass is 16.5. The van der Waals surface area contributed by atoms with Gasteiger partial charge in [0, 0.05) is 0 Å². The normalized spacial score (nSPS) is 15.6. The predicted molar refractivity (Wildman–Crippen MR) is 68.9 cm³/mol. The van der Waals surface area contributed by atoms with E-state index in [4.69, 9.17) is 15.6 Å². The third kappa shape index (κ3) is 4.51. The van der Waals surface area contributed by atoms with E-state index < -0.39 is 24.2 Å². The SMILES string of the molecule is COc1ccc(CCC(O)C(O)C(N)C(=O)O)cc1. The lowest BCUT2D eigenvalue weighted by Crippen LogP contribution is -2.48. The average Bonchev–Trinajstić information content (AvgIpc) is 2.43. The van der Waals surface area contributed by atoms with Crippen LogP contribution >= 0.6 is 0 Å². The highest BCUT2D eigenvalue weighted by Gasteiger charge is 2.28. The van der Waals surface area contributed by atoms with Gasteiger partial charge in [0.25, 0.3) is 0 Å². The molecule has 0 bridgehead atoms. The molecule has 0 aromatic heterocycles. The summed E-state index contributed by atoms with van der Waals surface area (Å²) in [6.07, 6.45) is -1.91. The fraction of sp³-hybridized carbons (Fsp3) is 0.462. The maximum Gasteiger partial charge on any atom is 0.323 e. The van der Waals surface area contributed by atoms with E-state index in [2.05, 4.69) is 0 Å². The van der Waals surface area contributed by atoms with Gasteiger partial charge in [-0.15, -0.1) is 0 Å². The summed E-state index contributed by atoms with van der Waals surface area (Å²) in [5, 5.41) is 27.9. The van der Waals surface area contributed by atoms with Crippen LogP contribution in [0.1, 0.15) is 12.0 Å². The summed E-state index contributed by atoms with van der Waals surface area (Å²) >= 11 is 0. The molecule has 6 heteroatoms. The highest BCUT2D eigenvalue weighted by Crippen LogP contribution is 2.14. The number of methoxy groups -OCH3 is 1. The van der Waals surface area contributed by atoms with Crippen LogP contribution in [0.4, 0.5) is 0 Å². The summed E-state index contributed by atoms with van der Waals surface area (Å²) in [6.45, 7) is 0. The molecule has 0 fully saturated rings. The highest BCUT2D eigenvalue weighted by molar-refractivity contribution is 5.73. The fourth-order valence-electron chi connectivity index (χ4n) is 1.66. The molecule has 6 nitrogen and oxygen atoms in total. The Kier molecular flexibility index (Phi) is 5.75. The van der Waals surface area contributed by atoms with Crippen molar-refractivity contribution in [2.24, 2.45) is 5.73 Å². The molecular weight excluding hydrogens is 250 g/mol.